The number of anilines is 1. The predicted molar refractivity (Wildman–Crippen MR) is 97.5 cm³/mol. The van der Waals surface area contributed by atoms with Crippen LogP contribution >= 0.6 is 0 Å². The van der Waals surface area contributed by atoms with Crippen molar-refractivity contribution in [2.45, 2.75) is 45.6 Å². The Kier molecular flexibility index (Phi) is 4.25. The summed E-state index contributed by atoms with van der Waals surface area (Å²) in [5, 5.41) is 0. The minimum absolute atomic E-state index is 0.400. The van der Waals surface area contributed by atoms with Gasteiger partial charge in [0, 0.05) is 51.2 Å². The fourth-order valence-corrected chi connectivity index (χ4v) is 4.72. The zero-order chi connectivity index (χ0) is 16.7. The average Bonchev–Trinajstić information content (AvgIpc) is 2.53. The van der Waals surface area contributed by atoms with Gasteiger partial charge >= 0.3 is 0 Å². The van der Waals surface area contributed by atoms with Crippen LogP contribution < -0.4 is 4.90 Å². The quantitative estimate of drug-likeness (QED) is 0.846. The van der Waals surface area contributed by atoms with Crippen molar-refractivity contribution in [2.75, 3.05) is 50.7 Å². The van der Waals surface area contributed by atoms with E-state index in [1.165, 1.54) is 51.3 Å². The van der Waals surface area contributed by atoms with E-state index in [4.69, 9.17) is 0 Å². The highest BCUT2D eigenvalue weighted by Crippen LogP contribution is 2.50. The molecule has 0 aromatic carbocycles. The van der Waals surface area contributed by atoms with E-state index < -0.39 is 0 Å². The summed E-state index contributed by atoms with van der Waals surface area (Å²) in [7, 11) is 0. The minimum atomic E-state index is 0.400. The summed E-state index contributed by atoms with van der Waals surface area (Å²) in [5.41, 5.74) is 1.87. The maximum atomic E-state index is 4.52. The van der Waals surface area contributed by atoms with Gasteiger partial charge in [-0.25, -0.2) is 9.97 Å². The SMILES string of the molecule is CCN1CC2(CC(N3CCN(c4cnc(C(C)C)nc4)CC3)C2)C1. The topological polar surface area (TPSA) is 35.5 Å². The third kappa shape index (κ3) is 2.93. The second-order valence-corrected chi connectivity index (χ2v) is 8.34. The number of nitrogens with zero attached hydrogens (tertiary/aromatic N) is 5. The second kappa shape index (κ2) is 6.26. The molecule has 1 aromatic heterocycles. The lowest BCUT2D eigenvalue weighted by atomic mass is 9.60. The molecule has 3 heterocycles. The number of rotatable bonds is 4. The van der Waals surface area contributed by atoms with Crippen LogP contribution in [-0.2, 0) is 0 Å². The van der Waals surface area contributed by atoms with Crippen molar-refractivity contribution in [2.24, 2.45) is 5.41 Å². The van der Waals surface area contributed by atoms with Gasteiger partial charge in [0.1, 0.15) is 5.82 Å². The molecule has 0 atom stereocenters. The fraction of sp³-hybridized carbons (Fsp3) is 0.789. The molecule has 1 aliphatic carbocycles. The lowest BCUT2D eigenvalue weighted by molar-refractivity contribution is -0.107. The zero-order valence-electron chi connectivity index (χ0n) is 15.4. The first-order valence-electron chi connectivity index (χ1n) is 9.62. The van der Waals surface area contributed by atoms with Crippen LogP contribution in [0, 0.1) is 5.41 Å². The summed E-state index contributed by atoms with van der Waals surface area (Å²) in [6, 6.07) is 0.839. The summed E-state index contributed by atoms with van der Waals surface area (Å²) < 4.78 is 0. The third-order valence-corrected chi connectivity index (χ3v) is 6.27. The molecule has 5 nitrogen and oxygen atoms in total. The van der Waals surface area contributed by atoms with E-state index >= 15 is 0 Å². The molecule has 24 heavy (non-hydrogen) atoms. The summed E-state index contributed by atoms with van der Waals surface area (Å²) in [5.74, 6) is 1.34. The van der Waals surface area contributed by atoms with E-state index in [0.29, 0.717) is 11.3 Å². The largest absolute Gasteiger partial charge is 0.366 e. The van der Waals surface area contributed by atoms with E-state index in [1.807, 2.05) is 12.4 Å². The van der Waals surface area contributed by atoms with Gasteiger partial charge in [0.25, 0.3) is 0 Å². The van der Waals surface area contributed by atoms with Gasteiger partial charge in [0.15, 0.2) is 0 Å². The molecule has 0 N–H and O–H groups in total. The average molecular weight is 329 g/mol. The molecular formula is C19H31N5. The van der Waals surface area contributed by atoms with Crippen molar-refractivity contribution in [3.05, 3.63) is 18.2 Å². The summed E-state index contributed by atoms with van der Waals surface area (Å²) >= 11 is 0. The van der Waals surface area contributed by atoms with E-state index in [9.17, 15) is 0 Å². The first-order chi connectivity index (χ1) is 11.6. The van der Waals surface area contributed by atoms with Crippen LogP contribution in [0.4, 0.5) is 5.69 Å². The van der Waals surface area contributed by atoms with Crippen LogP contribution in [0.1, 0.15) is 45.4 Å². The lowest BCUT2D eigenvalue weighted by Crippen LogP contribution is -2.67. The molecular weight excluding hydrogens is 298 g/mol. The van der Waals surface area contributed by atoms with Crippen molar-refractivity contribution >= 4 is 5.69 Å². The number of hydrogen-bond acceptors (Lipinski definition) is 5. The maximum absolute atomic E-state index is 4.52. The monoisotopic (exact) mass is 329 g/mol. The standard InChI is InChI=1S/C19H31N5/c1-4-22-13-19(14-22)9-16(10-19)23-5-7-24(8-6-23)17-11-20-18(15(2)3)21-12-17/h11-12,15-16H,4-10,13-14H2,1-3H3. The van der Waals surface area contributed by atoms with E-state index in [-0.39, 0.29) is 0 Å². The molecule has 4 rings (SSSR count). The van der Waals surface area contributed by atoms with Crippen LogP contribution in [0.3, 0.4) is 0 Å². The Morgan fingerprint density at radius 2 is 1.71 bits per heavy atom. The molecule has 0 bridgehead atoms. The summed E-state index contributed by atoms with van der Waals surface area (Å²) in [6.45, 7) is 15.1. The molecule has 0 radical (unpaired) electrons. The van der Waals surface area contributed by atoms with Gasteiger partial charge in [-0.2, -0.15) is 0 Å². The first-order valence-corrected chi connectivity index (χ1v) is 9.62. The Balaban J connectivity index is 1.25. The first kappa shape index (κ1) is 16.3. The normalized spacial score (nSPS) is 25.1. The van der Waals surface area contributed by atoms with Crippen molar-refractivity contribution in [1.29, 1.82) is 0 Å². The molecule has 1 spiro atoms. The highest BCUT2D eigenvalue weighted by Gasteiger charge is 2.53. The lowest BCUT2D eigenvalue weighted by Gasteiger charge is -2.61. The molecule has 1 aromatic rings. The Hall–Kier alpha value is -1.20. The van der Waals surface area contributed by atoms with Gasteiger partial charge in [-0.05, 0) is 24.8 Å². The molecule has 2 saturated heterocycles. The second-order valence-electron chi connectivity index (χ2n) is 8.34. The molecule has 0 amide bonds. The molecule has 0 unspecified atom stereocenters. The van der Waals surface area contributed by atoms with Crippen molar-refractivity contribution in [3.63, 3.8) is 0 Å². The van der Waals surface area contributed by atoms with Crippen molar-refractivity contribution in [3.8, 4) is 0 Å². The fourth-order valence-electron chi connectivity index (χ4n) is 4.72. The Morgan fingerprint density at radius 1 is 1.08 bits per heavy atom. The number of piperazine rings is 1. The minimum Gasteiger partial charge on any atom is -0.366 e. The van der Waals surface area contributed by atoms with E-state index in [0.717, 1.165) is 25.0 Å². The van der Waals surface area contributed by atoms with Gasteiger partial charge in [-0.1, -0.05) is 20.8 Å². The highest BCUT2D eigenvalue weighted by atomic mass is 15.3. The number of aromatic nitrogens is 2. The highest BCUT2D eigenvalue weighted by molar-refractivity contribution is 5.42. The maximum Gasteiger partial charge on any atom is 0.130 e. The Morgan fingerprint density at radius 3 is 2.25 bits per heavy atom. The zero-order valence-corrected chi connectivity index (χ0v) is 15.4. The van der Waals surface area contributed by atoms with Gasteiger partial charge < -0.3 is 9.80 Å². The van der Waals surface area contributed by atoms with Crippen LogP contribution in [0.2, 0.25) is 0 Å². The summed E-state index contributed by atoms with van der Waals surface area (Å²) in [4.78, 5) is 16.8. The van der Waals surface area contributed by atoms with E-state index in [1.54, 1.807) is 0 Å². The van der Waals surface area contributed by atoms with Gasteiger partial charge in [0.05, 0.1) is 18.1 Å². The van der Waals surface area contributed by atoms with Crippen LogP contribution in [0.15, 0.2) is 12.4 Å². The molecule has 3 aliphatic rings. The summed E-state index contributed by atoms with van der Waals surface area (Å²) in [6.07, 6.45) is 6.86. The van der Waals surface area contributed by atoms with Gasteiger partial charge in [-0.3, -0.25) is 4.90 Å². The Bertz CT molecular complexity index is 548. The predicted octanol–water partition coefficient (Wildman–Crippen LogP) is 2.21. The van der Waals surface area contributed by atoms with Crippen molar-refractivity contribution in [1.82, 2.24) is 19.8 Å². The third-order valence-electron chi connectivity index (χ3n) is 6.27. The molecule has 1 saturated carbocycles. The number of hydrogen-bond donors (Lipinski definition) is 0. The van der Waals surface area contributed by atoms with Gasteiger partial charge in [-0.15, -0.1) is 0 Å². The smallest absolute Gasteiger partial charge is 0.130 e. The molecule has 2 aliphatic heterocycles. The molecule has 132 valence electrons. The molecule has 3 fully saturated rings. The Labute approximate surface area is 146 Å². The van der Waals surface area contributed by atoms with Crippen molar-refractivity contribution < 1.29 is 0 Å². The van der Waals surface area contributed by atoms with E-state index in [2.05, 4.69) is 45.4 Å². The van der Waals surface area contributed by atoms with Crippen LogP contribution in [0.25, 0.3) is 0 Å². The van der Waals surface area contributed by atoms with Gasteiger partial charge in [0.2, 0.25) is 0 Å². The van der Waals surface area contributed by atoms with Crippen LogP contribution in [-0.4, -0.2) is 71.6 Å². The number of likely N-dealkylation sites (tertiary alicyclic amines) is 1. The van der Waals surface area contributed by atoms with Crippen LogP contribution in [0.5, 0.6) is 0 Å². The molecule has 5 heteroatoms.